The first-order valence-corrected chi connectivity index (χ1v) is 9.06. The molecule has 1 aromatic carbocycles. The summed E-state index contributed by atoms with van der Waals surface area (Å²) in [4.78, 5) is 24.3. The summed E-state index contributed by atoms with van der Waals surface area (Å²) in [6, 6.07) is 6.91. The Bertz CT molecular complexity index is 481. The summed E-state index contributed by atoms with van der Waals surface area (Å²) in [6.45, 7) is 10.0. The van der Waals surface area contributed by atoms with Gasteiger partial charge in [-0.1, -0.05) is 33.8 Å². The van der Waals surface area contributed by atoms with Gasteiger partial charge in [0, 0.05) is 24.2 Å². The molecule has 4 nitrogen and oxygen atoms in total. The number of hydrogen-bond donors (Lipinski definition) is 2. The summed E-state index contributed by atoms with van der Waals surface area (Å²) in [5.74, 6) is 1.05. The molecule has 2 amide bonds. The van der Waals surface area contributed by atoms with Crippen LogP contribution in [0.2, 0.25) is 0 Å². The normalized spacial score (nSPS) is 10.9. The Morgan fingerprint density at radius 2 is 1.25 bits per heavy atom. The largest absolute Gasteiger partial charge is 0.352 e. The summed E-state index contributed by atoms with van der Waals surface area (Å²) < 4.78 is 0. The summed E-state index contributed by atoms with van der Waals surface area (Å²) in [5, 5.41) is 5.83. The molecule has 0 saturated carbocycles. The first-order chi connectivity index (χ1) is 11.4. The van der Waals surface area contributed by atoms with Crippen molar-refractivity contribution in [3.05, 3.63) is 35.4 Å². The van der Waals surface area contributed by atoms with Crippen molar-refractivity contribution in [2.45, 2.75) is 53.4 Å². The highest BCUT2D eigenvalue weighted by molar-refractivity contribution is 5.99. The molecule has 0 heterocycles. The van der Waals surface area contributed by atoms with Crippen molar-refractivity contribution >= 4 is 11.8 Å². The van der Waals surface area contributed by atoms with Gasteiger partial charge in [-0.2, -0.15) is 0 Å². The second-order valence-corrected chi connectivity index (χ2v) is 7.16. The van der Waals surface area contributed by atoms with E-state index < -0.39 is 0 Å². The van der Waals surface area contributed by atoms with Gasteiger partial charge in [0.2, 0.25) is 0 Å². The molecular weight excluding hydrogens is 300 g/mol. The molecule has 0 aromatic heterocycles. The van der Waals surface area contributed by atoms with Crippen LogP contribution < -0.4 is 10.6 Å². The Kier molecular flexibility index (Phi) is 9.13. The highest BCUT2D eigenvalue weighted by Gasteiger charge is 2.10. The number of benzene rings is 1. The van der Waals surface area contributed by atoms with E-state index in [1.54, 1.807) is 24.3 Å². The van der Waals surface area contributed by atoms with Crippen molar-refractivity contribution in [1.82, 2.24) is 10.6 Å². The lowest BCUT2D eigenvalue weighted by atomic mass is 10.1. The van der Waals surface area contributed by atoms with Crippen molar-refractivity contribution in [2.24, 2.45) is 11.8 Å². The van der Waals surface area contributed by atoms with Crippen molar-refractivity contribution in [3.8, 4) is 0 Å². The fourth-order valence-electron chi connectivity index (χ4n) is 2.43. The standard InChI is InChI=1S/C20H32N2O2/c1-15(2)8-6-12-21-19(23)17-10-5-11-18(14-17)20(24)22-13-7-9-16(3)4/h5,10-11,14-16H,6-9,12-13H2,1-4H3,(H,21,23)(H,22,24). The number of amides is 2. The van der Waals surface area contributed by atoms with E-state index in [-0.39, 0.29) is 11.8 Å². The van der Waals surface area contributed by atoms with Crippen LogP contribution in [0.3, 0.4) is 0 Å². The van der Waals surface area contributed by atoms with Crippen molar-refractivity contribution in [2.75, 3.05) is 13.1 Å². The summed E-state index contributed by atoms with van der Waals surface area (Å²) >= 11 is 0. The molecule has 0 aliphatic carbocycles. The van der Waals surface area contributed by atoms with E-state index in [9.17, 15) is 9.59 Å². The number of carbonyl (C=O) groups is 2. The number of carbonyl (C=O) groups excluding carboxylic acids is 2. The number of rotatable bonds is 10. The SMILES string of the molecule is CC(C)CCCNC(=O)c1cccc(C(=O)NCCCC(C)C)c1. The molecule has 0 radical (unpaired) electrons. The van der Waals surface area contributed by atoms with Crippen molar-refractivity contribution < 1.29 is 9.59 Å². The third-order valence-electron chi connectivity index (χ3n) is 3.87. The zero-order valence-electron chi connectivity index (χ0n) is 15.5. The lowest BCUT2D eigenvalue weighted by Gasteiger charge is -2.09. The maximum absolute atomic E-state index is 12.2. The Morgan fingerprint density at radius 3 is 1.62 bits per heavy atom. The average molecular weight is 332 g/mol. The molecule has 4 heteroatoms. The van der Waals surface area contributed by atoms with Gasteiger partial charge in [0.05, 0.1) is 0 Å². The molecule has 0 atom stereocenters. The first-order valence-electron chi connectivity index (χ1n) is 9.06. The molecule has 0 unspecified atom stereocenters. The molecule has 24 heavy (non-hydrogen) atoms. The zero-order chi connectivity index (χ0) is 17.9. The predicted molar refractivity (Wildman–Crippen MR) is 99.3 cm³/mol. The van der Waals surface area contributed by atoms with Gasteiger partial charge < -0.3 is 10.6 Å². The quantitative estimate of drug-likeness (QED) is 0.636. The lowest BCUT2D eigenvalue weighted by molar-refractivity contribution is 0.0952. The van der Waals surface area contributed by atoms with E-state index in [1.807, 2.05) is 0 Å². The van der Waals surface area contributed by atoms with Crippen molar-refractivity contribution in [1.29, 1.82) is 0 Å². The summed E-state index contributed by atoms with van der Waals surface area (Å²) in [6.07, 6.45) is 4.14. The molecule has 134 valence electrons. The highest BCUT2D eigenvalue weighted by Crippen LogP contribution is 2.07. The molecule has 0 aliphatic heterocycles. The van der Waals surface area contributed by atoms with Crippen LogP contribution in [0, 0.1) is 11.8 Å². The fraction of sp³-hybridized carbons (Fsp3) is 0.600. The smallest absolute Gasteiger partial charge is 0.251 e. The Balaban J connectivity index is 2.47. The average Bonchev–Trinajstić information content (AvgIpc) is 2.55. The fourth-order valence-corrected chi connectivity index (χ4v) is 2.43. The third kappa shape index (κ3) is 8.14. The Labute approximate surface area is 146 Å². The summed E-state index contributed by atoms with van der Waals surface area (Å²) in [7, 11) is 0. The van der Waals surface area contributed by atoms with E-state index in [2.05, 4.69) is 38.3 Å². The molecule has 0 spiro atoms. The van der Waals surface area contributed by atoms with Crippen LogP contribution in [0.15, 0.2) is 24.3 Å². The molecule has 1 aromatic rings. The molecule has 0 aliphatic rings. The minimum absolute atomic E-state index is 0.117. The molecule has 0 fully saturated rings. The highest BCUT2D eigenvalue weighted by atomic mass is 16.2. The van der Waals surface area contributed by atoms with Gasteiger partial charge >= 0.3 is 0 Å². The van der Waals surface area contributed by atoms with E-state index in [1.165, 1.54) is 0 Å². The zero-order valence-corrected chi connectivity index (χ0v) is 15.5. The van der Waals surface area contributed by atoms with Crippen LogP contribution in [-0.2, 0) is 0 Å². The van der Waals surface area contributed by atoms with Crippen LogP contribution in [0.4, 0.5) is 0 Å². The van der Waals surface area contributed by atoms with E-state index in [0.717, 1.165) is 25.7 Å². The van der Waals surface area contributed by atoms with Crippen LogP contribution >= 0.6 is 0 Å². The van der Waals surface area contributed by atoms with E-state index >= 15 is 0 Å². The number of nitrogens with one attached hydrogen (secondary N) is 2. The van der Waals surface area contributed by atoms with Gasteiger partial charge in [0.15, 0.2) is 0 Å². The monoisotopic (exact) mass is 332 g/mol. The minimum Gasteiger partial charge on any atom is -0.352 e. The van der Waals surface area contributed by atoms with Crippen LogP contribution in [0.25, 0.3) is 0 Å². The van der Waals surface area contributed by atoms with Gasteiger partial charge in [-0.15, -0.1) is 0 Å². The van der Waals surface area contributed by atoms with Crippen LogP contribution in [-0.4, -0.2) is 24.9 Å². The third-order valence-corrected chi connectivity index (χ3v) is 3.87. The topological polar surface area (TPSA) is 58.2 Å². The maximum Gasteiger partial charge on any atom is 0.251 e. The number of hydrogen-bond acceptors (Lipinski definition) is 2. The predicted octanol–water partition coefficient (Wildman–Crippen LogP) is 4.02. The lowest BCUT2D eigenvalue weighted by Crippen LogP contribution is -2.27. The van der Waals surface area contributed by atoms with Crippen LogP contribution in [0.1, 0.15) is 74.1 Å². The second-order valence-electron chi connectivity index (χ2n) is 7.16. The first kappa shape index (κ1) is 20.2. The minimum atomic E-state index is -0.117. The molecule has 0 saturated heterocycles. The van der Waals surface area contributed by atoms with Crippen LogP contribution in [0.5, 0.6) is 0 Å². The second kappa shape index (κ2) is 10.8. The van der Waals surface area contributed by atoms with E-state index in [0.29, 0.717) is 36.1 Å². The van der Waals surface area contributed by atoms with Gasteiger partial charge in [-0.25, -0.2) is 0 Å². The molecular formula is C20H32N2O2. The summed E-state index contributed by atoms with van der Waals surface area (Å²) in [5.41, 5.74) is 1.07. The Hall–Kier alpha value is -1.84. The Morgan fingerprint density at radius 1 is 0.833 bits per heavy atom. The van der Waals surface area contributed by atoms with Crippen molar-refractivity contribution in [3.63, 3.8) is 0 Å². The molecule has 0 bridgehead atoms. The van der Waals surface area contributed by atoms with Gasteiger partial charge in [-0.05, 0) is 55.7 Å². The van der Waals surface area contributed by atoms with E-state index in [4.69, 9.17) is 0 Å². The molecule has 1 rings (SSSR count). The van der Waals surface area contributed by atoms with Gasteiger partial charge in [0.25, 0.3) is 11.8 Å². The van der Waals surface area contributed by atoms with Gasteiger partial charge in [0.1, 0.15) is 0 Å². The molecule has 2 N–H and O–H groups in total. The van der Waals surface area contributed by atoms with Gasteiger partial charge in [-0.3, -0.25) is 9.59 Å². The maximum atomic E-state index is 12.2.